The Labute approximate surface area is 187 Å². The van der Waals surface area contributed by atoms with Crippen LogP contribution in [-0.4, -0.2) is 45.5 Å². The number of hydrogen-bond acceptors (Lipinski definition) is 5. The van der Waals surface area contributed by atoms with Gasteiger partial charge in [-0.25, -0.2) is 4.68 Å². The Bertz CT molecular complexity index is 1140. The second-order valence-corrected chi connectivity index (χ2v) is 8.87. The van der Waals surface area contributed by atoms with E-state index in [2.05, 4.69) is 22.4 Å². The van der Waals surface area contributed by atoms with Crippen molar-refractivity contribution in [2.45, 2.75) is 38.3 Å². The van der Waals surface area contributed by atoms with Crippen LogP contribution in [0, 0.1) is 11.8 Å². The molecular formula is C25H28N4O3. The van der Waals surface area contributed by atoms with E-state index in [1.54, 1.807) is 12.1 Å². The van der Waals surface area contributed by atoms with E-state index in [1.807, 2.05) is 35.2 Å². The molecule has 1 aromatic heterocycles. The fraction of sp³-hybridized carbons (Fsp3) is 0.440. The molecule has 166 valence electrons. The highest BCUT2D eigenvalue weighted by Gasteiger charge is 2.33. The summed E-state index contributed by atoms with van der Waals surface area (Å²) in [6.07, 6.45) is 3.50. The van der Waals surface area contributed by atoms with E-state index in [0.717, 1.165) is 31.2 Å². The van der Waals surface area contributed by atoms with Crippen LogP contribution in [0.4, 0.5) is 0 Å². The number of rotatable bonds is 4. The van der Waals surface area contributed by atoms with Crippen molar-refractivity contribution >= 4 is 16.8 Å². The Morgan fingerprint density at radius 2 is 1.75 bits per heavy atom. The van der Waals surface area contributed by atoms with Crippen molar-refractivity contribution in [2.75, 3.05) is 19.7 Å². The molecule has 2 aromatic carbocycles. The number of carbonyl (C=O) groups is 1. The number of hydrogen-bond donors (Lipinski definition) is 0. The van der Waals surface area contributed by atoms with Crippen LogP contribution in [0.25, 0.3) is 10.9 Å². The van der Waals surface area contributed by atoms with Crippen molar-refractivity contribution in [3.05, 3.63) is 70.5 Å². The average Bonchev–Trinajstić information content (AvgIpc) is 2.86. The van der Waals surface area contributed by atoms with Crippen molar-refractivity contribution in [3.63, 3.8) is 0 Å². The fourth-order valence-corrected chi connectivity index (χ4v) is 4.96. The molecule has 1 amide bonds. The first kappa shape index (κ1) is 20.8. The van der Waals surface area contributed by atoms with E-state index in [0.29, 0.717) is 43.1 Å². The Hall–Kier alpha value is -3.06. The first-order chi connectivity index (χ1) is 15.7. The van der Waals surface area contributed by atoms with Crippen molar-refractivity contribution in [1.82, 2.24) is 19.9 Å². The molecule has 32 heavy (non-hydrogen) atoms. The number of aromatic nitrogens is 3. The van der Waals surface area contributed by atoms with Crippen molar-refractivity contribution in [1.29, 1.82) is 0 Å². The number of nitrogens with zero attached hydrogens (tertiary/aromatic N) is 4. The molecule has 2 aliphatic rings. The van der Waals surface area contributed by atoms with Crippen LogP contribution in [0.1, 0.15) is 37.4 Å². The van der Waals surface area contributed by atoms with Crippen LogP contribution in [0.5, 0.6) is 0 Å². The molecule has 0 radical (unpaired) electrons. The summed E-state index contributed by atoms with van der Waals surface area (Å²) in [5.41, 5.74) is 1.66. The van der Waals surface area contributed by atoms with Gasteiger partial charge in [-0.3, -0.25) is 9.59 Å². The third-order valence-electron chi connectivity index (χ3n) is 6.81. The van der Waals surface area contributed by atoms with E-state index < -0.39 is 0 Å². The van der Waals surface area contributed by atoms with E-state index >= 15 is 0 Å². The van der Waals surface area contributed by atoms with Gasteiger partial charge in [-0.05, 0) is 49.3 Å². The lowest BCUT2D eigenvalue weighted by atomic mass is 9.81. The molecule has 0 N–H and O–H groups in total. The van der Waals surface area contributed by atoms with Crippen molar-refractivity contribution in [2.24, 2.45) is 11.8 Å². The molecule has 5 rings (SSSR count). The zero-order valence-electron chi connectivity index (χ0n) is 18.1. The molecule has 1 aliphatic carbocycles. The number of fused-ring (bicyclic) bond motifs is 1. The summed E-state index contributed by atoms with van der Waals surface area (Å²) in [5, 5.41) is 8.92. The summed E-state index contributed by atoms with van der Waals surface area (Å²) < 4.78 is 7.41. The van der Waals surface area contributed by atoms with Gasteiger partial charge >= 0.3 is 0 Å². The Morgan fingerprint density at radius 3 is 2.56 bits per heavy atom. The predicted molar refractivity (Wildman–Crippen MR) is 121 cm³/mol. The molecule has 7 heteroatoms. The Morgan fingerprint density at radius 1 is 1.00 bits per heavy atom. The van der Waals surface area contributed by atoms with Crippen LogP contribution in [-0.2, 0) is 16.1 Å². The lowest BCUT2D eigenvalue weighted by Gasteiger charge is -2.37. The molecule has 3 aromatic rings. The largest absolute Gasteiger partial charge is 0.370 e. The molecule has 1 saturated heterocycles. The zero-order valence-corrected chi connectivity index (χ0v) is 18.1. The number of carbonyl (C=O) groups excluding carboxylic acids is 1. The van der Waals surface area contributed by atoms with Crippen LogP contribution in [0.2, 0.25) is 0 Å². The second-order valence-electron chi connectivity index (χ2n) is 8.87. The lowest BCUT2D eigenvalue weighted by Crippen LogP contribution is -2.45. The minimum atomic E-state index is -0.0888. The number of amides is 1. The molecule has 7 nitrogen and oxygen atoms in total. The Balaban J connectivity index is 1.18. The minimum absolute atomic E-state index is 0.0522. The van der Waals surface area contributed by atoms with Gasteiger partial charge in [0.2, 0.25) is 5.91 Å². The monoisotopic (exact) mass is 432 g/mol. The smallest absolute Gasteiger partial charge is 0.277 e. The minimum Gasteiger partial charge on any atom is -0.370 e. The van der Waals surface area contributed by atoms with Crippen LogP contribution < -0.4 is 5.56 Å². The standard InChI is InChI=1S/C25H28N4O3/c30-24(28-14-15-32-23(17-28)19-6-2-1-3-7-19)20-12-10-18(11-13-20)16-29-25(31)21-8-4-5-9-22(21)26-27-29/h1-9,18,20,23H,10-17H2/t18?,20?,23-/m0/s1. The molecule has 0 unspecified atom stereocenters. The van der Waals surface area contributed by atoms with Gasteiger partial charge in [0.25, 0.3) is 5.56 Å². The molecule has 2 fully saturated rings. The molecule has 1 saturated carbocycles. The maximum Gasteiger partial charge on any atom is 0.277 e. The van der Waals surface area contributed by atoms with Crippen LogP contribution >= 0.6 is 0 Å². The Kier molecular flexibility index (Phi) is 5.99. The first-order valence-electron chi connectivity index (χ1n) is 11.5. The topological polar surface area (TPSA) is 77.3 Å². The first-order valence-corrected chi connectivity index (χ1v) is 11.5. The van der Waals surface area contributed by atoms with Gasteiger partial charge in [0.05, 0.1) is 18.5 Å². The van der Waals surface area contributed by atoms with E-state index in [1.165, 1.54) is 4.68 Å². The predicted octanol–water partition coefficient (Wildman–Crippen LogP) is 3.20. The van der Waals surface area contributed by atoms with E-state index in [-0.39, 0.29) is 23.5 Å². The van der Waals surface area contributed by atoms with Gasteiger partial charge in [-0.15, -0.1) is 5.10 Å². The normalized spacial score (nSPS) is 23.9. The van der Waals surface area contributed by atoms with Gasteiger partial charge in [-0.1, -0.05) is 47.7 Å². The summed E-state index contributed by atoms with van der Waals surface area (Å²) >= 11 is 0. The van der Waals surface area contributed by atoms with E-state index in [9.17, 15) is 9.59 Å². The summed E-state index contributed by atoms with van der Waals surface area (Å²) in [6, 6.07) is 17.4. The molecule has 1 atom stereocenters. The SMILES string of the molecule is O=C(C1CCC(Cn2nnc3ccccc3c2=O)CC1)N1CCO[C@H](c2ccccc2)C1. The van der Waals surface area contributed by atoms with Gasteiger partial charge in [-0.2, -0.15) is 0 Å². The number of ether oxygens (including phenoxy) is 1. The third kappa shape index (κ3) is 4.30. The third-order valence-corrected chi connectivity index (χ3v) is 6.81. The second kappa shape index (κ2) is 9.20. The van der Waals surface area contributed by atoms with Gasteiger partial charge in [0.1, 0.15) is 11.6 Å². The molecular weight excluding hydrogens is 404 g/mol. The zero-order chi connectivity index (χ0) is 21.9. The summed E-state index contributed by atoms with van der Waals surface area (Å²) in [4.78, 5) is 27.9. The summed E-state index contributed by atoms with van der Waals surface area (Å²) in [5.74, 6) is 0.643. The number of morpholine rings is 1. The van der Waals surface area contributed by atoms with Gasteiger partial charge in [0, 0.05) is 19.0 Å². The highest BCUT2D eigenvalue weighted by Crippen LogP contribution is 2.32. The highest BCUT2D eigenvalue weighted by atomic mass is 16.5. The number of benzene rings is 2. The highest BCUT2D eigenvalue weighted by molar-refractivity contribution is 5.79. The summed E-state index contributed by atoms with van der Waals surface area (Å²) in [6.45, 7) is 2.41. The van der Waals surface area contributed by atoms with E-state index in [4.69, 9.17) is 4.74 Å². The quantitative estimate of drug-likeness (QED) is 0.633. The lowest BCUT2D eigenvalue weighted by molar-refractivity contribution is -0.144. The molecule has 2 heterocycles. The molecule has 0 spiro atoms. The fourth-order valence-electron chi connectivity index (χ4n) is 4.96. The van der Waals surface area contributed by atoms with Gasteiger partial charge in [0.15, 0.2) is 0 Å². The summed E-state index contributed by atoms with van der Waals surface area (Å²) in [7, 11) is 0. The molecule has 0 bridgehead atoms. The molecule has 1 aliphatic heterocycles. The van der Waals surface area contributed by atoms with Crippen molar-refractivity contribution in [3.8, 4) is 0 Å². The van der Waals surface area contributed by atoms with Crippen LogP contribution in [0.3, 0.4) is 0 Å². The maximum atomic E-state index is 13.2. The van der Waals surface area contributed by atoms with Crippen LogP contribution in [0.15, 0.2) is 59.4 Å². The average molecular weight is 433 g/mol. The maximum absolute atomic E-state index is 13.2. The van der Waals surface area contributed by atoms with Crippen molar-refractivity contribution < 1.29 is 9.53 Å². The van der Waals surface area contributed by atoms with Gasteiger partial charge < -0.3 is 9.64 Å².